The molecule has 1 aromatic carbocycles. The zero-order chi connectivity index (χ0) is 21.3. The van der Waals surface area contributed by atoms with Gasteiger partial charge in [-0.2, -0.15) is 0 Å². The Morgan fingerprint density at radius 3 is 2.47 bits per heavy atom. The summed E-state index contributed by atoms with van der Waals surface area (Å²) in [4.78, 5) is 8.62. The average Bonchev–Trinajstić information content (AvgIpc) is 3.32. The van der Waals surface area contributed by atoms with Crippen molar-refractivity contribution >= 4 is 23.0 Å². The van der Waals surface area contributed by atoms with Crippen LogP contribution in [0.15, 0.2) is 40.7 Å². The number of methoxy groups -OCH3 is 2. The van der Waals surface area contributed by atoms with Gasteiger partial charge in [0.2, 0.25) is 0 Å². The summed E-state index contributed by atoms with van der Waals surface area (Å²) in [5, 5.41) is 9.17. The van der Waals surface area contributed by atoms with Gasteiger partial charge in [0.15, 0.2) is 5.96 Å². The zero-order valence-corrected chi connectivity index (χ0v) is 19.3. The van der Waals surface area contributed by atoms with Gasteiger partial charge in [-0.15, -0.1) is 11.3 Å². The number of thiophene rings is 1. The largest absolute Gasteiger partial charge is 0.497 e. The standard InChI is InChI=1S/C23H34N4O2S/c1-5-24-23(25-16-17(2)22-7-6-12-30-22)26-18-8-10-27(11-9-18)19-13-20(28-3)15-21(14-19)29-4/h6-7,12-15,17-18H,5,8-11,16H2,1-4H3,(H2,24,25,26). The van der Waals surface area contributed by atoms with Crippen LogP contribution in [0.1, 0.15) is 37.5 Å². The van der Waals surface area contributed by atoms with E-state index in [0.29, 0.717) is 12.0 Å². The predicted octanol–water partition coefficient (Wildman–Crippen LogP) is 4.09. The maximum Gasteiger partial charge on any atom is 0.191 e. The maximum absolute atomic E-state index is 5.42. The molecule has 1 aromatic heterocycles. The van der Waals surface area contributed by atoms with Crippen LogP contribution in [-0.4, -0.2) is 52.4 Å². The van der Waals surface area contributed by atoms with Gasteiger partial charge in [-0.1, -0.05) is 13.0 Å². The van der Waals surface area contributed by atoms with Crippen LogP contribution < -0.4 is 25.0 Å². The van der Waals surface area contributed by atoms with Gasteiger partial charge >= 0.3 is 0 Å². The molecule has 164 valence electrons. The Bertz CT molecular complexity index is 779. The second-order valence-electron chi connectivity index (χ2n) is 7.61. The lowest BCUT2D eigenvalue weighted by atomic mass is 10.0. The van der Waals surface area contributed by atoms with Crippen LogP contribution in [0.3, 0.4) is 0 Å². The summed E-state index contributed by atoms with van der Waals surface area (Å²) in [6.07, 6.45) is 2.12. The fourth-order valence-corrected chi connectivity index (χ4v) is 4.44. The van der Waals surface area contributed by atoms with Crippen molar-refractivity contribution in [2.75, 3.05) is 45.3 Å². The van der Waals surface area contributed by atoms with Crippen LogP contribution in [0.5, 0.6) is 11.5 Å². The van der Waals surface area contributed by atoms with Crippen LogP contribution in [0, 0.1) is 0 Å². The van der Waals surface area contributed by atoms with Crippen molar-refractivity contribution in [1.82, 2.24) is 10.6 Å². The second-order valence-corrected chi connectivity index (χ2v) is 8.59. The SMILES string of the molecule is CCNC(=NCC(C)c1cccs1)NC1CCN(c2cc(OC)cc(OC)c2)CC1. The lowest BCUT2D eigenvalue weighted by Gasteiger charge is -2.35. The molecule has 0 amide bonds. The number of aliphatic imine (C=N–C) groups is 1. The van der Waals surface area contributed by atoms with E-state index in [1.807, 2.05) is 6.07 Å². The first-order valence-corrected chi connectivity index (χ1v) is 11.6. The van der Waals surface area contributed by atoms with E-state index in [9.17, 15) is 0 Å². The minimum Gasteiger partial charge on any atom is -0.497 e. The smallest absolute Gasteiger partial charge is 0.191 e. The minimum absolute atomic E-state index is 0.420. The molecule has 0 aliphatic carbocycles. The van der Waals surface area contributed by atoms with Gasteiger partial charge < -0.3 is 25.0 Å². The molecule has 2 N–H and O–H groups in total. The summed E-state index contributed by atoms with van der Waals surface area (Å²) in [6, 6.07) is 10.8. The van der Waals surface area contributed by atoms with E-state index in [1.165, 1.54) is 4.88 Å². The number of rotatable bonds is 8. The summed E-state index contributed by atoms with van der Waals surface area (Å²) in [5.41, 5.74) is 1.15. The van der Waals surface area contributed by atoms with Crippen LogP contribution in [0.25, 0.3) is 0 Å². The number of hydrogen-bond donors (Lipinski definition) is 2. The highest BCUT2D eigenvalue weighted by molar-refractivity contribution is 7.10. The van der Waals surface area contributed by atoms with Crippen molar-refractivity contribution in [3.63, 3.8) is 0 Å². The molecule has 0 spiro atoms. The summed E-state index contributed by atoms with van der Waals surface area (Å²) in [7, 11) is 3.38. The van der Waals surface area contributed by atoms with E-state index in [2.05, 4.69) is 59.0 Å². The van der Waals surface area contributed by atoms with E-state index >= 15 is 0 Å². The molecule has 0 radical (unpaired) electrons. The summed E-state index contributed by atoms with van der Waals surface area (Å²) >= 11 is 1.80. The predicted molar refractivity (Wildman–Crippen MR) is 127 cm³/mol. The van der Waals surface area contributed by atoms with Crippen molar-refractivity contribution in [1.29, 1.82) is 0 Å². The second kappa shape index (κ2) is 11.1. The van der Waals surface area contributed by atoms with Gasteiger partial charge in [0, 0.05) is 60.4 Å². The molecule has 1 aliphatic heterocycles. The Kier molecular flexibility index (Phi) is 8.25. The summed E-state index contributed by atoms with van der Waals surface area (Å²) in [6.45, 7) is 7.97. The number of benzene rings is 1. The lowest BCUT2D eigenvalue weighted by molar-refractivity contribution is 0.393. The van der Waals surface area contributed by atoms with E-state index in [0.717, 1.165) is 62.2 Å². The number of ether oxygens (including phenoxy) is 2. The van der Waals surface area contributed by atoms with E-state index in [-0.39, 0.29) is 0 Å². The Balaban J connectivity index is 1.56. The molecule has 1 fully saturated rings. The molecule has 1 saturated heterocycles. The highest BCUT2D eigenvalue weighted by Gasteiger charge is 2.21. The molecule has 30 heavy (non-hydrogen) atoms. The van der Waals surface area contributed by atoms with Crippen LogP contribution >= 0.6 is 11.3 Å². The first-order valence-electron chi connectivity index (χ1n) is 10.7. The number of hydrogen-bond acceptors (Lipinski definition) is 5. The van der Waals surface area contributed by atoms with Crippen LogP contribution in [0.2, 0.25) is 0 Å². The average molecular weight is 431 g/mol. The molecular weight excluding hydrogens is 396 g/mol. The van der Waals surface area contributed by atoms with E-state index < -0.39 is 0 Å². The van der Waals surface area contributed by atoms with Gasteiger partial charge in [-0.05, 0) is 31.2 Å². The number of anilines is 1. The van der Waals surface area contributed by atoms with Crippen LogP contribution in [0.4, 0.5) is 5.69 Å². The van der Waals surface area contributed by atoms with Gasteiger partial charge in [0.1, 0.15) is 11.5 Å². The maximum atomic E-state index is 5.42. The van der Waals surface area contributed by atoms with Crippen LogP contribution in [-0.2, 0) is 0 Å². The molecule has 1 aliphatic rings. The molecule has 6 nitrogen and oxygen atoms in total. The fourth-order valence-electron chi connectivity index (χ4n) is 3.66. The van der Waals surface area contributed by atoms with Gasteiger partial charge in [0.05, 0.1) is 20.8 Å². The molecule has 1 atom stereocenters. The van der Waals surface area contributed by atoms with Crippen molar-refractivity contribution in [3.8, 4) is 11.5 Å². The molecule has 2 aromatic rings. The van der Waals surface area contributed by atoms with Gasteiger partial charge in [-0.3, -0.25) is 4.99 Å². The van der Waals surface area contributed by atoms with Crippen molar-refractivity contribution < 1.29 is 9.47 Å². The number of nitrogens with zero attached hydrogens (tertiary/aromatic N) is 2. The first kappa shape index (κ1) is 22.3. The third-order valence-corrected chi connectivity index (χ3v) is 6.54. The Morgan fingerprint density at radius 2 is 1.90 bits per heavy atom. The van der Waals surface area contributed by atoms with Gasteiger partial charge in [-0.25, -0.2) is 0 Å². The molecular formula is C23H34N4O2S. The normalized spacial score (nSPS) is 16.3. The number of piperidine rings is 1. The third kappa shape index (κ3) is 6.05. The third-order valence-electron chi connectivity index (χ3n) is 5.43. The number of guanidine groups is 1. The van der Waals surface area contributed by atoms with Crippen molar-refractivity contribution in [2.24, 2.45) is 4.99 Å². The quantitative estimate of drug-likeness (QED) is 0.488. The fraction of sp³-hybridized carbons (Fsp3) is 0.522. The molecule has 3 rings (SSSR count). The lowest BCUT2D eigenvalue weighted by Crippen LogP contribution is -2.48. The number of nitrogens with one attached hydrogen (secondary N) is 2. The molecule has 1 unspecified atom stereocenters. The molecule has 0 bridgehead atoms. The Hall–Kier alpha value is -2.41. The Morgan fingerprint density at radius 1 is 1.20 bits per heavy atom. The zero-order valence-electron chi connectivity index (χ0n) is 18.5. The van der Waals surface area contributed by atoms with Crippen molar-refractivity contribution in [3.05, 3.63) is 40.6 Å². The van der Waals surface area contributed by atoms with Gasteiger partial charge in [0.25, 0.3) is 0 Å². The topological polar surface area (TPSA) is 58.1 Å². The molecule has 7 heteroatoms. The highest BCUT2D eigenvalue weighted by Crippen LogP contribution is 2.30. The van der Waals surface area contributed by atoms with Crippen molar-refractivity contribution in [2.45, 2.75) is 38.6 Å². The first-order chi connectivity index (χ1) is 14.6. The highest BCUT2D eigenvalue weighted by atomic mass is 32.1. The van der Waals surface area contributed by atoms with E-state index in [4.69, 9.17) is 14.5 Å². The summed E-state index contributed by atoms with van der Waals surface area (Å²) in [5.74, 6) is 3.00. The molecule has 2 heterocycles. The minimum atomic E-state index is 0.420. The summed E-state index contributed by atoms with van der Waals surface area (Å²) < 4.78 is 10.8. The Labute approximate surface area is 184 Å². The monoisotopic (exact) mass is 430 g/mol. The van der Waals surface area contributed by atoms with E-state index in [1.54, 1.807) is 25.6 Å². The molecule has 0 saturated carbocycles.